The molecule has 0 radical (unpaired) electrons. The molecule has 4 aromatic rings. The maximum atomic E-state index is 13.6. The van der Waals surface area contributed by atoms with Gasteiger partial charge in [-0.3, -0.25) is 4.79 Å². The summed E-state index contributed by atoms with van der Waals surface area (Å²) in [5, 5.41) is 0.725. The summed E-state index contributed by atoms with van der Waals surface area (Å²) < 4.78 is 39.0. The predicted molar refractivity (Wildman–Crippen MR) is 123 cm³/mol. The van der Waals surface area contributed by atoms with Crippen molar-refractivity contribution in [3.8, 4) is 5.75 Å². The molecular weight excluding hydrogens is 462 g/mol. The van der Waals surface area contributed by atoms with Crippen LogP contribution in [0.15, 0.2) is 46.6 Å². The number of imidazole rings is 1. The molecule has 0 amide bonds. The van der Waals surface area contributed by atoms with Crippen molar-refractivity contribution < 1.29 is 22.7 Å². The number of fused-ring (bicyclic) bond motifs is 3. The van der Waals surface area contributed by atoms with Gasteiger partial charge in [0.15, 0.2) is 5.75 Å². The van der Waals surface area contributed by atoms with Crippen LogP contribution in [0.1, 0.15) is 31.9 Å². The molecule has 1 saturated carbocycles. The molecule has 34 heavy (non-hydrogen) atoms. The zero-order chi connectivity index (χ0) is 23.9. The Hall–Kier alpha value is -3.64. The first-order chi connectivity index (χ1) is 16.4. The van der Waals surface area contributed by atoms with Crippen LogP contribution in [0.2, 0.25) is 0 Å². The van der Waals surface area contributed by atoms with Gasteiger partial charge in [0.05, 0.1) is 29.8 Å². The van der Waals surface area contributed by atoms with Gasteiger partial charge in [-0.15, -0.1) is 0 Å². The molecule has 11 nitrogen and oxygen atoms in total. The molecule has 3 heterocycles. The van der Waals surface area contributed by atoms with Crippen LogP contribution in [0, 0.1) is 0 Å². The van der Waals surface area contributed by atoms with E-state index >= 15 is 0 Å². The molecule has 178 valence electrons. The number of H-pyrrole nitrogens is 3. The van der Waals surface area contributed by atoms with E-state index in [1.54, 1.807) is 6.20 Å². The minimum absolute atomic E-state index is 0.0699. The van der Waals surface area contributed by atoms with E-state index in [9.17, 15) is 18.0 Å². The van der Waals surface area contributed by atoms with Crippen LogP contribution in [0.25, 0.3) is 21.8 Å². The Bertz CT molecular complexity index is 1520. The summed E-state index contributed by atoms with van der Waals surface area (Å²) in [4.78, 5) is 37.1. The number of aromatic nitrogens is 4. The highest BCUT2D eigenvalue weighted by Gasteiger charge is 2.38. The Kier molecular flexibility index (Phi) is 5.62. The quantitative estimate of drug-likeness (QED) is 0.325. The maximum Gasteiger partial charge on any atom is 0.513 e. The van der Waals surface area contributed by atoms with E-state index in [-0.39, 0.29) is 35.4 Å². The number of aromatic amines is 3. The highest BCUT2D eigenvalue weighted by atomic mass is 32.2. The second-order valence-corrected chi connectivity index (χ2v) is 10.0. The Morgan fingerprint density at radius 2 is 2.09 bits per heavy atom. The third kappa shape index (κ3) is 4.05. The van der Waals surface area contributed by atoms with E-state index in [1.165, 1.54) is 35.0 Å². The van der Waals surface area contributed by atoms with Crippen molar-refractivity contribution in [3.63, 3.8) is 0 Å². The van der Waals surface area contributed by atoms with Crippen molar-refractivity contribution in [2.75, 3.05) is 6.61 Å². The number of sulfonamides is 1. The van der Waals surface area contributed by atoms with Crippen LogP contribution < -0.4 is 10.3 Å². The minimum Gasteiger partial charge on any atom is -0.434 e. The topological polar surface area (TPSA) is 150 Å². The second-order valence-electron chi connectivity index (χ2n) is 8.12. The molecule has 1 aliphatic carbocycles. The van der Waals surface area contributed by atoms with Crippen LogP contribution in [0.3, 0.4) is 0 Å². The molecule has 0 spiro atoms. The van der Waals surface area contributed by atoms with Crippen molar-refractivity contribution in [2.45, 2.75) is 43.7 Å². The second kappa shape index (κ2) is 8.61. The van der Waals surface area contributed by atoms with Gasteiger partial charge in [-0.25, -0.2) is 18.2 Å². The lowest BCUT2D eigenvalue weighted by Gasteiger charge is -2.21. The lowest BCUT2D eigenvalue weighted by atomic mass is 10.1. The van der Waals surface area contributed by atoms with Crippen molar-refractivity contribution >= 4 is 38.0 Å². The minimum atomic E-state index is -3.86. The lowest BCUT2D eigenvalue weighted by molar-refractivity contribution is 0.0997. The van der Waals surface area contributed by atoms with E-state index in [0.717, 1.165) is 12.8 Å². The van der Waals surface area contributed by atoms with Crippen LogP contribution in [0.5, 0.6) is 5.75 Å². The number of hydrogen-bond donors (Lipinski definition) is 3. The van der Waals surface area contributed by atoms with Gasteiger partial charge in [-0.2, -0.15) is 4.31 Å². The predicted octanol–water partition coefficient (Wildman–Crippen LogP) is 3.01. The molecular formula is C22H23N5O6S. The molecule has 12 heteroatoms. The average Bonchev–Trinajstić information content (AvgIpc) is 3.34. The van der Waals surface area contributed by atoms with Gasteiger partial charge in [0.25, 0.3) is 5.56 Å². The number of carbonyl (C=O) groups excluding carboxylic acids is 1. The maximum absolute atomic E-state index is 13.6. The molecule has 1 aromatic carbocycles. The van der Waals surface area contributed by atoms with Gasteiger partial charge in [0.1, 0.15) is 5.52 Å². The standard InChI is InChI=1S/C22H23N5O6S/c1-2-7-32-22(29)33-18-10-24-20-19(18)16-8-15(5-6-17(16)26-21(20)28)34(30,31)27(14-3-4-14)11-13-9-23-12-25-13/h5-6,8-10,12,14,24H,2-4,7,11H2,1H3,(H,23,25)(H,26,28). The molecule has 1 fully saturated rings. The number of rotatable bonds is 8. The van der Waals surface area contributed by atoms with Gasteiger partial charge in [-0.1, -0.05) is 6.92 Å². The van der Waals surface area contributed by atoms with Crippen LogP contribution in [0.4, 0.5) is 4.79 Å². The first-order valence-electron chi connectivity index (χ1n) is 10.9. The Morgan fingerprint density at radius 3 is 2.79 bits per heavy atom. The van der Waals surface area contributed by atoms with E-state index in [0.29, 0.717) is 28.4 Å². The summed E-state index contributed by atoms with van der Waals surface area (Å²) in [6.07, 6.45) is 5.78. The molecule has 3 N–H and O–H groups in total. The molecule has 0 unspecified atom stereocenters. The van der Waals surface area contributed by atoms with E-state index in [4.69, 9.17) is 9.47 Å². The summed E-state index contributed by atoms with van der Waals surface area (Å²) in [5.41, 5.74) is 0.842. The summed E-state index contributed by atoms with van der Waals surface area (Å²) in [6.45, 7) is 2.22. The molecule has 3 aromatic heterocycles. The zero-order valence-electron chi connectivity index (χ0n) is 18.3. The fourth-order valence-corrected chi connectivity index (χ4v) is 5.56. The molecule has 1 aliphatic rings. The van der Waals surface area contributed by atoms with Crippen molar-refractivity contribution in [3.05, 3.63) is 53.0 Å². The third-order valence-corrected chi connectivity index (χ3v) is 7.53. The normalized spacial score (nSPS) is 14.2. The average molecular weight is 486 g/mol. The van der Waals surface area contributed by atoms with Gasteiger partial charge in [0.2, 0.25) is 10.0 Å². The van der Waals surface area contributed by atoms with Crippen molar-refractivity contribution in [1.82, 2.24) is 24.2 Å². The zero-order valence-corrected chi connectivity index (χ0v) is 19.1. The SMILES string of the molecule is CCCOC(=O)Oc1c[nH]c2c(=O)[nH]c3ccc(S(=O)(=O)N(Cc4cnc[nH]4)C4CC4)cc3c12. The first-order valence-corrected chi connectivity index (χ1v) is 12.3. The van der Waals surface area contributed by atoms with E-state index in [1.807, 2.05) is 6.92 Å². The van der Waals surface area contributed by atoms with Crippen molar-refractivity contribution in [1.29, 1.82) is 0 Å². The summed E-state index contributed by atoms with van der Waals surface area (Å²) in [6, 6.07) is 4.41. The lowest BCUT2D eigenvalue weighted by Crippen LogP contribution is -2.32. The van der Waals surface area contributed by atoms with Crippen molar-refractivity contribution in [2.24, 2.45) is 0 Å². The summed E-state index contributed by atoms with van der Waals surface area (Å²) in [5.74, 6) is 0.0817. The van der Waals surface area contributed by atoms with E-state index in [2.05, 4.69) is 19.9 Å². The third-order valence-electron chi connectivity index (χ3n) is 5.64. The Morgan fingerprint density at radius 1 is 1.26 bits per heavy atom. The number of nitrogens with zero attached hydrogens (tertiary/aromatic N) is 2. The smallest absolute Gasteiger partial charge is 0.434 e. The Labute approximate surface area is 194 Å². The van der Waals surface area contributed by atoms with Crippen LogP contribution in [-0.4, -0.2) is 51.5 Å². The summed E-state index contributed by atoms with van der Waals surface area (Å²) >= 11 is 0. The van der Waals surface area contributed by atoms with E-state index < -0.39 is 21.7 Å². The highest BCUT2D eigenvalue weighted by Crippen LogP contribution is 2.36. The fraction of sp³-hybridized carbons (Fsp3) is 0.318. The number of carbonyl (C=O) groups is 1. The molecule has 5 rings (SSSR count). The van der Waals surface area contributed by atoms with Gasteiger partial charge < -0.3 is 24.4 Å². The largest absolute Gasteiger partial charge is 0.513 e. The number of nitrogens with one attached hydrogen (secondary N) is 3. The first kappa shape index (κ1) is 22.2. The van der Waals surface area contributed by atoms with Crippen LogP contribution >= 0.6 is 0 Å². The van der Waals surface area contributed by atoms with Gasteiger partial charge in [0, 0.05) is 35.0 Å². The number of benzene rings is 1. The van der Waals surface area contributed by atoms with Gasteiger partial charge in [-0.05, 0) is 37.5 Å². The molecule has 0 bridgehead atoms. The van der Waals surface area contributed by atoms with Crippen LogP contribution in [-0.2, 0) is 21.3 Å². The highest BCUT2D eigenvalue weighted by molar-refractivity contribution is 7.89. The Balaban J connectivity index is 1.59. The fourth-order valence-electron chi connectivity index (χ4n) is 3.87. The molecule has 0 saturated heterocycles. The number of hydrogen-bond acceptors (Lipinski definition) is 7. The van der Waals surface area contributed by atoms with Gasteiger partial charge >= 0.3 is 6.16 Å². The number of pyridine rings is 1. The molecule has 0 aliphatic heterocycles. The monoisotopic (exact) mass is 485 g/mol. The summed E-state index contributed by atoms with van der Waals surface area (Å²) in [7, 11) is -3.86. The molecule has 0 atom stereocenters. The number of ether oxygens (including phenoxy) is 2.